The fraction of sp³-hybridized carbons (Fsp3) is 0.367. The highest BCUT2D eigenvalue weighted by atomic mass is 16.5. The van der Waals surface area contributed by atoms with Crippen LogP contribution >= 0.6 is 0 Å². The second kappa shape index (κ2) is 12.3. The number of piperidine rings is 1. The summed E-state index contributed by atoms with van der Waals surface area (Å²) in [4.78, 5) is 29.4. The van der Waals surface area contributed by atoms with Crippen LogP contribution in [-0.4, -0.2) is 82.2 Å². The molecule has 0 aliphatic carbocycles. The minimum atomic E-state index is 0.245. The first-order chi connectivity index (χ1) is 19.7. The molecule has 1 atom stereocenters. The second-order valence-electron chi connectivity index (χ2n) is 10.4. The average Bonchev–Trinajstić information content (AvgIpc) is 2.99. The molecule has 2 aliphatic heterocycles. The average molecular weight is 538 g/mol. The Hall–Kier alpha value is -4.31. The Kier molecular flexibility index (Phi) is 7.95. The third-order valence-corrected chi connectivity index (χ3v) is 7.34. The fourth-order valence-electron chi connectivity index (χ4n) is 5.19. The van der Waals surface area contributed by atoms with Crippen LogP contribution in [0.2, 0.25) is 0 Å². The molecular weight excluding hydrogens is 502 g/mol. The lowest BCUT2D eigenvalue weighted by Crippen LogP contribution is -2.47. The number of benzene rings is 2. The molecule has 2 saturated heterocycles. The van der Waals surface area contributed by atoms with Crippen LogP contribution in [0.4, 0.5) is 23.5 Å². The summed E-state index contributed by atoms with van der Waals surface area (Å²) in [5.74, 6) is 2.83. The van der Waals surface area contributed by atoms with Gasteiger partial charge in [-0.1, -0.05) is 30.3 Å². The Morgan fingerprint density at radius 2 is 1.52 bits per heavy atom. The molecule has 206 valence electrons. The van der Waals surface area contributed by atoms with E-state index < -0.39 is 0 Å². The molecule has 1 N–H and O–H groups in total. The number of nitrogens with zero attached hydrogens (tertiary/aromatic N) is 8. The van der Waals surface area contributed by atoms with Gasteiger partial charge in [-0.2, -0.15) is 4.98 Å². The molecule has 0 saturated carbocycles. The Morgan fingerprint density at radius 1 is 0.800 bits per heavy atom. The Balaban J connectivity index is 1.01. The maximum absolute atomic E-state index is 6.17. The SMILES string of the molecule is CN1CCC[C@H](Oc2ccc(Nc3ncnc(N4CCN(c5ncc(Cc6ccccc6)cn5)CC4)n3)cc2)C1. The first-order valence-electron chi connectivity index (χ1n) is 13.9. The van der Waals surface area contributed by atoms with Gasteiger partial charge >= 0.3 is 0 Å². The minimum absolute atomic E-state index is 0.245. The number of hydrogen-bond donors (Lipinski definition) is 1. The molecule has 0 radical (unpaired) electrons. The van der Waals surface area contributed by atoms with Crippen molar-refractivity contribution >= 4 is 23.5 Å². The zero-order chi connectivity index (χ0) is 27.1. The number of rotatable bonds is 8. The summed E-state index contributed by atoms with van der Waals surface area (Å²) in [7, 11) is 2.14. The smallest absolute Gasteiger partial charge is 0.231 e. The van der Waals surface area contributed by atoms with Gasteiger partial charge in [-0.05, 0) is 61.8 Å². The van der Waals surface area contributed by atoms with Crippen LogP contribution in [0.15, 0.2) is 73.3 Å². The van der Waals surface area contributed by atoms with Crippen molar-refractivity contribution in [2.75, 3.05) is 61.4 Å². The van der Waals surface area contributed by atoms with Crippen LogP contribution in [0.1, 0.15) is 24.0 Å². The lowest BCUT2D eigenvalue weighted by Gasteiger charge is -2.34. The van der Waals surface area contributed by atoms with Crippen molar-refractivity contribution in [3.05, 3.63) is 84.4 Å². The summed E-state index contributed by atoms with van der Waals surface area (Å²) in [6.07, 6.45) is 8.77. The Labute approximate surface area is 235 Å². The molecular formula is C30H35N9O. The Morgan fingerprint density at radius 3 is 2.25 bits per heavy atom. The summed E-state index contributed by atoms with van der Waals surface area (Å²) < 4.78 is 6.17. The monoisotopic (exact) mass is 537 g/mol. The van der Waals surface area contributed by atoms with Crippen molar-refractivity contribution in [2.45, 2.75) is 25.4 Å². The van der Waals surface area contributed by atoms with E-state index >= 15 is 0 Å². The van der Waals surface area contributed by atoms with E-state index in [2.05, 4.69) is 76.2 Å². The standard InChI is InChI=1S/C30H35N9O/c1-37-13-5-8-27(21-37)40-26-11-9-25(10-12-26)35-28-33-22-34-30(36-28)39-16-14-38(15-17-39)29-31-19-24(20-32-29)18-23-6-3-2-4-7-23/h2-4,6-7,9-12,19-20,22,27H,5,8,13-18,21H2,1H3,(H,33,34,35,36)/t27-/m0/s1. The van der Waals surface area contributed by atoms with Crippen LogP contribution in [0, 0.1) is 0 Å². The maximum atomic E-state index is 6.17. The van der Waals surface area contributed by atoms with Gasteiger partial charge < -0.3 is 24.8 Å². The van der Waals surface area contributed by atoms with E-state index in [1.807, 2.05) is 42.7 Å². The van der Waals surface area contributed by atoms with Gasteiger partial charge in [-0.3, -0.25) is 0 Å². The molecule has 6 rings (SSSR count). The van der Waals surface area contributed by atoms with Crippen molar-refractivity contribution in [1.82, 2.24) is 29.8 Å². The van der Waals surface area contributed by atoms with Gasteiger partial charge in [0.15, 0.2) is 0 Å². The molecule has 10 heteroatoms. The van der Waals surface area contributed by atoms with E-state index in [-0.39, 0.29) is 6.10 Å². The second-order valence-corrected chi connectivity index (χ2v) is 10.4. The summed E-state index contributed by atoms with van der Waals surface area (Å²) in [6.45, 7) is 5.26. The van der Waals surface area contributed by atoms with E-state index in [1.54, 1.807) is 6.33 Å². The van der Waals surface area contributed by atoms with Gasteiger partial charge in [0.2, 0.25) is 17.8 Å². The predicted molar refractivity (Wildman–Crippen MR) is 156 cm³/mol. The molecule has 4 heterocycles. The van der Waals surface area contributed by atoms with Crippen LogP contribution in [0.5, 0.6) is 5.75 Å². The molecule has 0 amide bonds. The number of piperazine rings is 1. The quantitative estimate of drug-likeness (QED) is 0.358. The van der Waals surface area contributed by atoms with E-state index in [9.17, 15) is 0 Å². The summed E-state index contributed by atoms with van der Waals surface area (Å²) in [6, 6.07) is 18.4. The highest BCUT2D eigenvalue weighted by Crippen LogP contribution is 2.22. The molecule has 10 nitrogen and oxygen atoms in total. The van der Waals surface area contributed by atoms with Crippen LogP contribution in [0.3, 0.4) is 0 Å². The normalized spacial score (nSPS) is 18.0. The lowest BCUT2D eigenvalue weighted by molar-refractivity contribution is 0.104. The topological polar surface area (TPSA) is 95.4 Å². The molecule has 40 heavy (non-hydrogen) atoms. The third-order valence-electron chi connectivity index (χ3n) is 7.34. The van der Waals surface area contributed by atoms with E-state index in [4.69, 9.17) is 4.74 Å². The van der Waals surface area contributed by atoms with Crippen molar-refractivity contribution in [2.24, 2.45) is 0 Å². The van der Waals surface area contributed by atoms with Crippen molar-refractivity contribution in [3.63, 3.8) is 0 Å². The molecule has 0 unspecified atom stereocenters. The van der Waals surface area contributed by atoms with Gasteiger partial charge in [0.05, 0.1) is 0 Å². The molecule has 4 aromatic rings. The molecule has 2 aliphatic rings. The summed E-state index contributed by atoms with van der Waals surface area (Å²) >= 11 is 0. The maximum Gasteiger partial charge on any atom is 0.231 e. The number of aromatic nitrogens is 5. The largest absolute Gasteiger partial charge is 0.489 e. The first kappa shape index (κ1) is 25.9. The molecule has 0 bridgehead atoms. The molecule has 2 aromatic carbocycles. The minimum Gasteiger partial charge on any atom is -0.489 e. The third kappa shape index (κ3) is 6.63. The van der Waals surface area contributed by atoms with Crippen LogP contribution in [0.25, 0.3) is 0 Å². The van der Waals surface area contributed by atoms with Crippen molar-refractivity contribution < 1.29 is 4.74 Å². The highest BCUT2D eigenvalue weighted by molar-refractivity contribution is 5.55. The summed E-state index contributed by atoms with van der Waals surface area (Å²) in [5.41, 5.74) is 3.27. The molecule has 2 fully saturated rings. The van der Waals surface area contributed by atoms with Gasteiger partial charge in [0.1, 0.15) is 18.2 Å². The van der Waals surface area contributed by atoms with Gasteiger partial charge in [0, 0.05) is 57.2 Å². The first-order valence-corrected chi connectivity index (χ1v) is 13.9. The van der Waals surface area contributed by atoms with Crippen molar-refractivity contribution in [3.8, 4) is 5.75 Å². The molecule has 0 spiro atoms. The van der Waals surface area contributed by atoms with Crippen LogP contribution in [-0.2, 0) is 6.42 Å². The number of hydrogen-bond acceptors (Lipinski definition) is 10. The number of ether oxygens (including phenoxy) is 1. The van der Waals surface area contributed by atoms with Gasteiger partial charge in [0.25, 0.3) is 0 Å². The van der Waals surface area contributed by atoms with E-state index in [0.717, 1.165) is 75.1 Å². The van der Waals surface area contributed by atoms with Gasteiger partial charge in [-0.25, -0.2) is 19.9 Å². The summed E-state index contributed by atoms with van der Waals surface area (Å²) in [5, 5.41) is 3.30. The highest BCUT2D eigenvalue weighted by Gasteiger charge is 2.22. The number of likely N-dealkylation sites (N-methyl/N-ethyl adjacent to an activating group) is 1. The lowest BCUT2D eigenvalue weighted by atomic mass is 10.1. The van der Waals surface area contributed by atoms with Crippen molar-refractivity contribution in [1.29, 1.82) is 0 Å². The number of anilines is 4. The fourth-order valence-corrected chi connectivity index (χ4v) is 5.19. The Bertz CT molecular complexity index is 1360. The van der Waals surface area contributed by atoms with E-state index in [0.29, 0.717) is 11.9 Å². The number of nitrogens with one attached hydrogen (secondary N) is 1. The van der Waals surface area contributed by atoms with E-state index in [1.165, 1.54) is 12.0 Å². The van der Waals surface area contributed by atoms with Gasteiger partial charge in [-0.15, -0.1) is 0 Å². The predicted octanol–water partition coefficient (Wildman–Crippen LogP) is 3.80. The zero-order valence-electron chi connectivity index (χ0n) is 22.9. The zero-order valence-corrected chi connectivity index (χ0v) is 22.9. The molecule has 2 aromatic heterocycles. The number of likely N-dealkylation sites (tertiary alicyclic amines) is 1. The van der Waals surface area contributed by atoms with Crippen LogP contribution < -0.4 is 19.9 Å².